The van der Waals surface area contributed by atoms with Crippen LogP contribution in [0.5, 0.6) is 5.75 Å². The standard InChI is InChI=1S/C13H15N3O3.ClH/c17-12-7-19-11-2-1-8(5-10(11)16-12)13(18)15-9-3-4-14-6-9;/h1-2,5,9,14H,3-4,6-7H2,(H,15,18)(H,16,17);1H. The van der Waals surface area contributed by atoms with Crippen LogP contribution in [-0.4, -0.2) is 37.6 Å². The second-order valence-corrected chi connectivity index (χ2v) is 4.71. The molecule has 1 aromatic carbocycles. The summed E-state index contributed by atoms with van der Waals surface area (Å²) in [6.45, 7) is 1.75. The average Bonchev–Trinajstić information content (AvgIpc) is 2.90. The highest BCUT2D eigenvalue weighted by Crippen LogP contribution is 2.28. The Balaban J connectivity index is 0.00000147. The molecule has 2 aliphatic rings. The Labute approximate surface area is 122 Å². The lowest BCUT2D eigenvalue weighted by atomic mass is 10.1. The van der Waals surface area contributed by atoms with Crippen molar-refractivity contribution in [2.45, 2.75) is 12.5 Å². The van der Waals surface area contributed by atoms with Gasteiger partial charge in [0, 0.05) is 18.2 Å². The van der Waals surface area contributed by atoms with Gasteiger partial charge in [-0.05, 0) is 31.2 Å². The first kappa shape index (κ1) is 14.6. The Morgan fingerprint density at radius 1 is 1.40 bits per heavy atom. The lowest BCUT2D eigenvalue weighted by Gasteiger charge is -2.19. The van der Waals surface area contributed by atoms with E-state index in [1.165, 1.54) is 0 Å². The smallest absolute Gasteiger partial charge is 0.262 e. The zero-order chi connectivity index (χ0) is 13.2. The van der Waals surface area contributed by atoms with Crippen molar-refractivity contribution in [2.24, 2.45) is 0 Å². The first-order valence-electron chi connectivity index (χ1n) is 6.30. The van der Waals surface area contributed by atoms with Gasteiger partial charge in [-0.25, -0.2) is 0 Å². The van der Waals surface area contributed by atoms with Gasteiger partial charge in [-0.3, -0.25) is 9.59 Å². The quantitative estimate of drug-likeness (QED) is 0.744. The molecule has 1 atom stereocenters. The fraction of sp³-hybridized carbons (Fsp3) is 0.385. The van der Waals surface area contributed by atoms with Crippen LogP contribution in [0.3, 0.4) is 0 Å². The van der Waals surface area contributed by atoms with Gasteiger partial charge < -0.3 is 20.7 Å². The normalized spacial score (nSPS) is 20.2. The maximum Gasteiger partial charge on any atom is 0.262 e. The number of fused-ring (bicyclic) bond motifs is 1. The summed E-state index contributed by atoms with van der Waals surface area (Å²) in [5.74, 6) is 0.264. The molecule has 2 heterocycles. The summed E-state index contributed by atoms with van der Waals surface area (Å²) in [4.78, 5) is 23.3. The van der Waals surface area contributed by atoms with Crippen molar-refractivity contribution in [2.75, 3.05) is 25.0 Å². The van der Waals surface area contributed by atoms with Crippen molar-refractivity contribution in [1.82, 2.24) is 10.6 Å². The molecule has 0 radical (unpaired) electrons. The summed E-state index contributed by atoms with van der Waals surface area (Å²) in [6.07, 6.45) is 0.941. The van der Waals surface area contributed by atoms with E-state index in [1.807, 2.05) is 0 Å². The Morgan fingerprint density at radius 3 is 3.00 bits per heavy atom. The predicted molar refractivity (Wildman–Crippen MR) is 76.6 cm³/mol. The van der Waals surface area contributed by atoms with Crippen LogP contribution in [0, 0.1) is 0 Å². The molecule has 7 heteroatoms. The third-order valence-corrected chi connectivity index (χ3v) is 3.27. The molecule has 0 aliphatic carbocycles. The van der Waals surface area contributed by atoms with Gasteiger partial charge in [0.1, 0.15) is 5.75 Å². The number of halogens is 1. The lowest BCUT2D eigenvalue weighted by Crippen LogP contribution is -2.36. The largest absolute Gasteiger partial charge is 0.482 e. The Bertz CT molecular complexity index is 530. The minimum absolute atomic E-state index is 0. The third-order valence-electron chi connectivity index (χ3n) is 3.27. The molecule has 1 fully saturated rings. The van der Waals surface area contributed by atoms with Gasteiger partial charge in [0.25, 0.3) is 11.8 Å². The maximum absolute atomic E-state index is 12.1. The highest BCUT2D eigenvalue weighted by molar-refractivity contribution is 5.99. The molecule has 3 N–H and O–H groups in total. The van der Waals surface area contributed by atoms with Gasteiger partial charge in [0.15, 0.2) is 6.61 Å². The van der Waals surface area contributed by atoms with Crippen LogP contribution >= 0.6 is 12.4 Å². The van der Waals surface area contributed by atoms with Crippen LogP contribution in [0.4, 0.5) is 5.69 Å². The Hall–Kier alpha value is -1.79. The highest BCUT2D eigenvalue weighted by Gasteiger charge is 2.20. The van der Waals surface area contributed by atoms with E-state index in [9.17, 15) is 9.59 Å². The van der Waals surface area contributed by atoms with Crippen molar-refractivity contribution in [1.29, 1.82) is 0 Å². The van der Waals surface area contributed by atoms with E-state index in [1.54, 1.807) is 18.2 Å². The second-order valence-electron chi connectivity index (χ2n) is 4.71. The van der Waals surface area contributed by atoms with Crippen LogP contribution < -0.4 is 20.7 Å². The summed E-state index contributed by atoms with van der Waals surface area (Å²) < 4.78 is 5.25. The molecule has 1 saturated heterocycles. The van der Waals surface area contributed by atoms with E-state index in [2.05, 4.69) is 16.0 Å². The zero-order valence-corrected chi connectivity index (χ0v) is 11.6. The van der Waals surface area contributed by atoms with E-state index in [4.69, 9.17) is 4.74 Å². The molecule has 6 nitrogen and oxygen atoms in total. The Morgan fingerprint density at radius 2 is 2.25 bits per heavy atom. The van der Waals surface area contributed by atoms with Crippen molar-refractivity contribution in [3.63, 3.8) is 0 Å². The molecule has 1 aromatic rings. The van der Waals surface area contributed by atoms with E-state index < -0.39 is 0 Å². The number of nitrogens with one attached hydrogen (secondary N) is 3. The van der Waals surface area contributed by atoms with Gasteiger partial charge in [-0.15, -0.1) is 12.4 Å². The summed E-state index contributed by atoms with van der Waals surface area (Å²) >= 11 is 0. The summed E-state index contributed by atoms with van der Waals surface area (Å²) in [6, 6.07) is 5.23. The monoisotopic (exact) mass is 297 g/mol. The zero-order valence-electron chi connectivity index (χ0n) is 10.8. The number of rotatable bonds is 2. The SMILES string of the molecule is Cl.O=C1COc2ccc(C(=O)NC3CCNC3)cc2N1. The van der Waals surface area contributed by atoms with Gasteiger partial charge in [-0.1, -0.05) is 0 Å². The molecule has 0 bridgehead atoms. The summed E-state index contributed by atoms with van der Waals surface area (Å²) in [7, 11) is 0. The second kappa shape index (κ2) is 6.11. The summed E-state index contributed by atoms with van der Waals surface area (Å²) in [5, 5.41) is 8.84. The topological polar surface area (TPSA) is 79.5 Å². The number of carbonyl (C=O) groups excluding carboxylic acids is 2. The van der Waals surface area contributed by atoms with E-state index in [0.29, 0.717) is 17.0 Å². The van der Waals surface area contributed by atoms with Crippen LogP contribution in [0.15, 0.2) is 18.2 Å². The van der Waals surface area contributed by atoms with E-state index in [-0.39, 0.29) is 36.9 Å². The number of carbonyl (C=O) groups is 2. The van der Waals surface area contributed by atoms with Crippen LogP contribution in [0.25, 0.3) is 0 Å². The van der Waals surface area contributed by atoms with Crippen molar-refractivity contribution in [3.05, 3.63) is 23.8 Å². The first-order valence-corrected chi connectivity index (χ1v) is 6.30. The minimum Gasteiger partial charge on any atom is -0.482 e. The van der Waals surface area contributed by atoms with Crippen LogP contribution in [-0.2, 0) is 4.79 Å². The number of amides is 2. The fourth-order valence-electron chi connectivity index (χ4n) is 2.27. The molecule has 0 saturated carbocycles. The molecule has 0 aromatic heterocycles. The van der Waals surface area contributed by atoms with E-state index in [0.717, 1.165) is 19.5 Å². The van der Waals surface area contributed by atoms with Crippen LogP contribution in [0.2, 0.25) is 0 Å². The van der Waals surface area contributed by atoms with Gasteiger partial charge in [0.05, 0.1) is 5.69 Å². The number of anilines is 1. The number of hydrogen-bond donors (Lipinski definition) is 3. The molecule has 3 rings (SSSR count). The third kappa shape index (κ3) is 3.02. The molecule has 2 aliphatic heterocycles. The first-order chi connectivity index (χ1) is 9.22. The highest BCUT2D eigenvalue weighted by atomic mass is 35.5. The average molecular weight is 298 g/mol. The minimum atomic E-state index is -0.204. The molecule has 1 unspecified atom stereocenters. The Kier molecular flexibility index (Phi) is 4.46. The van der Waals surface area contributed by atoms with Crippen LogP contribution in [0.1, 0.15) is 16.8 Å². The summed E-state index contributed by atoms with van der Waals surface area (Å²) in [5.41, 5.74) is 1.07. The molecule has 0 spiro atoms. The van der Waals surface area contributed by atoms with Crippen molar-refractivity contribution in [3.8, 4) is 5.75 Å². The van der Waals surface area contributed by atoms with E-state index >= 15 is 0 Å². The number of hydrogen-bond acceptors (Lipinski definition) is 4. The molecule has 108 valence electrons. The lowest BCUT2D eigenvalue weighted by molar-refractivity contribution is -0.118. The van der Waals surface area contributed by atoms with Crippen molar-refractivity contribution < 1.29 is 14.3 Å². The molecular formula is C13H16ClN3O3. The van der Waals surface area contributed by atoms with Crippen molar-refractivity contribution >= 4 is 29.9 Å². The maximum atomic E-state index is 12.1. The molecule has 2 amide bonds. The van der Waals surface area contributed by atoms with Gasteiger partial charge >= 0.3 is 0 Å². The number of benzene rings is 1. The number of ether oxygens (including phenoxy) is 1. The predicted octanol–water partition coefficient (Wildman–Crippen LogP) is 0.531. The van der Waals surface area contributed by atoms with Gasteiger partial charge in [0.2, 0.25) is 0 Å². The van der Waals surface area contributed by atoms with Gasteiger partial charge in [-0.2, -0.15) is 0 Å². The molecule has 20 heavy (non-hydrogen) atoms. The molecular weight excluding hydrogens is 282 g/mol. The fourth-order valence-corrected chi connectivity index (χ4v) is 2.27.